The Hall–Kier alpha value is -1.12. The maximum Gasteiger partial charge on any atom is 0.0594 e. The van der Waals surface area contributed by atoms with Crippen LogP contribution in [0.1, 0.15) is 30.9 Å². The zero-order chi connectivity index (χ0) is 12.8. The van der Waals surface area contributed by atoms with E-state index in [9.17, 15) is 0 Å². The zero-order valence-corrected chi connectivity index (χ0v) is 11.4. The van der Waals surface area contributed by atoms with Crippen LogP contribution in [-0.4, -0.2) is 37.7 Å². The van der Waals surface area contributed by atoms with Crippen molar-refractivity contribution in [2.45, 2.75) is 19.8 Å². The van der Waals surface area contributed by atoms with Gasteiger partial charge in [0.1, 0.15) is 0 Å². The van der Waals surface area contributed by atoms with Gasteiger partial charge in [0.2, 0.25) is 0 Å². The van der Waals surface area contributed by atoms with Crippen molar-refractivity contribution in [3.05, 3.63) is 41.5 Å². The summed E-state index contributed by atoms with van der Waals surface area (Å²) in [5, 5.41) is 0. The normalized spacial score (nSPS) is 17.7. The van der Waals surface area contributed by atoms with Gasteiger partial charge in [0.25, 0.3) is 0 Å². The third kappa shape index (κ3) is 3.97. The SMILES string of the molecule is CC(C)c1cccc(/C=C/CN2CCOCC2)c1. The topological polar surface area (TPSA) is 12.5 Å². The first-order chi connectivity index (χ1) is 8.75. The van der Waals surface area contributed by atoms with Crippen molar-refractivity contribution < 1.29 is 4.74 Å². The van der Waals surface area contributed by atoms with Crippen LogP contribution in [0, 0.1) is 0 Å². The molecule has 1 aliphatic heterocycles. The Morgan fingerprint density at radius 2 is 2.06 bits per heavy atom. The van der Waals surface area contributed by atoms with E-state index in [0.29, 0.717) is 5.92 Å². The van der Waals surface area contributed by atoms with Gasteiger partial charge in [0, 0.05) is 19.6 Å². The van der Waals surface area contributed by atoms with E-state index in [-0.39, 0.29) is 0 Å². The number of hydrogen-bond donors (Lipinski definition) is 0. The molecule has 1 saturated heterocycles. The number of nitrogens with zero attached hydrogens (tertiary/aromatic N) is 1. The molecule has 1 heterocycles. The van der Waals surface area contributed by atoms with E-state index in [1.165, 1.54) is 11.1 Å². The third-order valence-electron chi connectivity index (χ3n) is 3.35. The van der Waals surface area contributed by atoms with Crippen LogP contribution in [-0.2, 0) is 4.74 Å². The lowest BCUT2D eigenvalue weighted by molar-refractivity contribution is 0.0435. The van der Waals surface area contributed by atoms with E-state index in [1.807, 2.05) is 0 Å². The summed E-state index contributed by atoms with van der Waals surface area (Å²) in [4.78, 5) is 2.42. The Kier molecular flexibility index (Phi) is 4.97. The molecule has 1 aliphatic rings. The van der Waals surface area contributed by atoms with Gasteiger partial charge >= 0.3 is 0 Å². The number of hydrogen-bond acceptors (Lipinski definition) is 2. The largest absolute Gasteiger partial charge is 0.379 e. The van der Waals surface area contributed by atoms with Crippen molar-refractivity contribution in [3.63, 3.8) is 0 Å². The monoisotopic (exact) mass is 245 g/mol. The molecule has 18 heavy (non-hydrogen) atoms. The quantitative estimate of drug-likeness (QED) is 0.808. The minimum absolute atomic E-state index is 0.595. The molecular formula is C16H23NO. The van der Waals surface area contributed by atoms with Crippen molar-refractivity contribution in [2.75, 3.05) is 32.8 Å². The molecule has 2 heteroatoms. The summed E-state index contributed by atoms with van der Waals surface area (Å²) in [5.74, 6) is 0.595. The van der Waals surface area contributed by atoms with E-state index in [0.717, 1.165) is 32.8 Å². The summed E-state index contributed by atoms with van der Waals surface area (Å²) >= 11 is 0. The maximum atomic E-state index is 5.34. The molecule has 0 saturated carbocycles. The average molecular weight is 245 g/mol. The van der Waals surface area contributed by atoms with Gasteiger partial charge in [0.15, 0.2) is 0 Å². The summed E-state index contributed by atoms with van der Waals surface area (Å²) in [6, 6.07) is 8.79. The Balaban J connectivity index is 1.89. The standard InChI is InChI=1S/C16H23NO/c1-14(2)16-7-3-5-15(13-16)6-4-8-17-9-11-18-12-10-17/h3-7,13-14H,8-12H2,1-2H3/b6-4+. The lowest BCUT2D eigenvalue weighted by Crippen LogP contribution is -2.36. The van der Waals surface area contributed by atoms with Gasteiger partial charge in [-0.3, -0.25) is 4.90 Å². The van der Waals surface area contributed by atoms with E-state index in [1.54, 1.807) is 0 Å². The molecule has 2 rings (SSSR count). The van der Waals surface area contributed by atoms with Crippen molar-refractivity contribution >= 4 is 6.08 Å². The van der Waals surface area contributed by atoms with Crippen LogP contribution < -0.4 is 0 Å². The van der Waals surface area contributed by atoms with Crippen LogP contribution in [0.4, 0.5) is 0 Å². The molecule has 0 spiro atoms. The van der Waals surface area contributed by atoms with Crippen LogP contribution in [0.5, 0.6) is 0 Å². The highest BCUT2D eigenvalue weighted by atomic mass is 16.5. The van der Waals surface area contributed by atoms with Crippen molar-refractivity contribution in [1.29, 1.82) is 0 Å². The van der Waals surface area contributed by atoms with Crippen molar-refractivity contribution in [1.82, 2.24) is 4.90 Å². The highest BCUT2D eigenvalue weighted by Gasteiger charge is 2.07. The minimum Gasteiger partial charge on any atom is -0.379 e. The maximum absolute atomic E-state index is 5.34. The second-order valence-electron chi connectivity index (χ2n) is 5.14. The minimum atomic E-state index is 0.595. The summed E-state index contributed by atoms with van der Waals surface area (Å²) in [5.41, 5.74) is 2.71. The number of benzene rings is 1. The zero-order valence-electron chi connectivity index (χ0n) is 11.4. The smallest absolute Gasteiger partial charge is 0.0594 e. The molecule has 0 aliphatic carbocycles. The van der Waals surface area contributed by atoms with Gasteiger partial charge < -0.3 is 4.74 Å². The van der Waals surface area contributed by atoms with Gasteiger partial charge in [-0.1, -0.05) is 50.3 Å². The molecule has 98 valence electrons. The second kappa shape index (κ2) is 6.72. The molecule has 0 unspecified atom stereocenters. The molecule has 1 fully saturated rings. The van der Waals surface area contributed by atoms with Gasteiger partial charge in [-0.15, -0.1) is 0 Å². The number of ether oxygens (including phenoxy) is 1. The molecule has 1 aromatic carbocycles. The molecule has 0 N–H and O–H groups in total. The Labute approximate surface area is 110 Å². The lowest BCUT2D eigenvalue weighted by atomic mass is 10.0. The Morgan fingerprint density at radius 3 is 2.78 bits per heavy atom. The Morgan fingerprint density at radius 1 is 1.28 bits per heavy atom. The van der Waals surface area contributed by atoms with E-state index < -0.39 is 0 Å². The fourth-order valence-corrected chi connectivity index (χ4v) is 2.14. The van der Waals surface area contributed by atoms with Gasteiger partial charge in [-0.2, -0.15) is 0 Å². The van der Waals surface area contributed by atoms with Gasteiger partial charge in [0.05, 0.1) is 13.2 Å². The second-order valence-corrected chi connectivity index (χ2v) is 5.14. The highest BCUT2D eigenvalue weighted by Crippen LogP contribution is 2.16. The van der Waals surface area contributed by atoms with Gasteiger partial charge in [-0.05, 0) is 17.0 Å². The summed E-state index contributed by atoms with van der Waals surface area (Å²) in [6.45, 7) is 9.34. The molecule has 0 bridgehead atoms. The first kappa shape index (κ1) is 13.3. The summed E-state index contributed by atoms with van der Waals surface area (Å²) in [6.07, 6.45) is 4.48. The van der Waals surface area contributed by atoms with Crippen LogP contribution >= 0.6 is 0 Å². The molecule has 0 aromatic heterocycles. The van der Waals surface area contributed by atoms with Crippen LogP contribution in [0.3, 0.4) is 0 Å². The predicted octanol–water partition coefficient (Wildman–Crippen LogP) is 3.16. The van der Waals surface area contributed by atoms with E-state index >= 15 is 0 Å². The van der Waals surface area contributed by atoms with E-state index in [4.69, 9.17) is 4.74 Å². The van der Waals surface area contributed by atoms with E-state index in [2.05, 4.69) is 55.2 Å². The predicted molar refractivity (Wildman–Crippen MR) is 76.8 cm³/mol. The molecule has 2 nitrogen and oxygen atoms in total. The highest BCUT2D eigenvalue weighted by molar-refractivity contribution is 5.50. The molecule has 1 aromatic rings. The average Bonchev–Trinajstić information content (AvgIpc) is 2.40. The van der Waals surface area contributed by atoms with Crippen LogP contribution in [0.2, 0.25) is 0 Å². The first-order valence-electron chi connectivity index (χ1n) is 6.82. The number of morpholine rings is 1. The molecule has 0 radical (unpaired) electrons. The van der Waals surface area contributed by atoms with Crippen molar-refractivity contribution in [2.24, 2.45) is 0 Å². The molecule has 0 amide bonds. The van der Waals surface area contributed by atoms with Crippen LogP contribution in [0.25, 0.3) is 6.08 Å². The van der Waals surface area contributed by atoms with Crippen molar-refractivity contribution in [3.8, 4) is 0 Å². The summed E-state index contributed by atoms with van der Waals surface area (Å²) in [7, 11) is 0. The van der Waals surface area contributed by atoms with Gasteiger partial charge in [-0.25, -0.2) is 0 Å². The fourth-order valence-electron chi connectivity index (χ4n) is 2.14. The third-order valence-corrected chi connectivity index (χ3v) is 3.35. The fraction of sp³-hybridized carbons (Fsp3) is 0.500. The lowest BCUT2D eigenvalue weighted by Gasteiger charge is -2.25. The Bertz CT molecular complexity index is 392. The molecule has 0 atom stereocenters. The first-order valence-corrected chi connectivity index (χ1v) is 6.82. The molecular weight excluding hydrogens is 222 g/mol. The summed E-state index contributed by atoms with van der Waals surface area (Å²) < 4.78 is 5.34. The van der Waals surface area contributed by atoms with Crippen LogP contribution in [0.15, 0.2) is 30.3 Å². The number of rotatable bonds is 4.